The fourth-order valence-electron chi connectivity index (χ4n) is 1.27. The quantitative estimate of drug-likeness (QED) is 0.943. The van der Waals surface area contributed by atoms with Crippen molar-refractivity contribution in [2.24, 2.45) is 0 Å². The fourth-order valence-corrected chi connectivity index (χ4v) is 1.70. The second-order valence-electron chi connectivity index (χ2n) is 3.28. The van der Waals surface area contributed by atoms with Crippen molar-refractivity contribution in [3.63, 3.8) is 0 Å². The number of hydrogen-bond donors (Lipinski definition) is 1. The van der Waals surface area contributed by atoms with Crippen LogP contribution in [0.3, 0.4) is 0 Å². The molecule has 0 radical (unpaired) electrons. The molecular weight excluding hydrogens is 305 g/mol. The van der Waals surface area contributed by atoms with Gasteiger partial charge in [0.15, 0.2) is 5.69 Å². The minimum atomic E-state index is -0.373. The number of halogens is 2. The van der Waals surface area contributed by atoms with Crippen LogP contribution in [0.1, 0.15) is 0 Å². The van der Waals surface area contributed by atoms with Crippen molar-refractivity contribution in [2.45, 2.75) is 0 Å². The third kappa shape index (κ3) is 2.51. The lowest BCUT2D eigenvalue weighted by molar-refractivity contribution is 0.391. The molecule has 0 atom stereocenters. The molecule has 0 unspecified atom stereocenters. The molecule has 0 aliphatic heterocycles. The van der Waals surface area contributed by atoms with E-state index in [4.69, 9.17) is 15.2 Å². The normalized spacial score (nSPS) is 10.2. The van der Waals surface area contributed by atoms with E-state index in [2.05, 4.69) is 25.9 Å². The van der Waals surface area contributed by atoms with Gasteiger partial charge in [-0.05, 0) is 34.1 Å². The molecule has 5 nitrogen and oxygen atoms in total. The van der Waals surface area contributed by atoms with Crippen LogP contribution < -0.4 is 15.2 Å². The van der Waals surface area contributed by atoms with Crippen LogP contribution in [0.25, 0.3) is 0 Å². The molecule has 2 aromatic rings. The highest BCUT2D eigenvalue weighted by Gasteiger charge is 2.12. The Labute approximate surface area is 111 Å². The first-order chi connectivity index (χ1) is 8.61. The number of rotatable bonds is 3. The standard InChI is InChI=1S/C11H9BrFN3O2/c1-17-10-9(14)11(16-5-15-10)18-8-3-2-6(13)4-7(8)12/h2-5H,14H2,1H3. The number of nitrogens with zero attached hydrogens (tertiary/aromatic N) is 2. The molecule has 0 fully saturated rings. The Kier molecular flexibility index (Phi) is 3.61. The highest BCUT2D eigenvalue weighted by atomic mass is 79.9. The smallest absolute Gasteiger partial charge is 0.249 e. The summed E-state index contributed by atoms with van der Waals surface area (Å²) in [6.45, 7) is 0. The van der Waals surface area contributed by atoms with Crippen LogP contribution in [-0.4, -0.2) is 17.1 Å². The van der Waals surface area contributed by atoms with E-state index in [1.54, 1.807) is 0 Å². The van der Waals surface area contributed by atoms with Crippen LogP contribution in [0.2, 0.25) is 0 Å². The van der Waals surface area contributed by atoms with Gasteiger partial charge in [0, 0.05) is 0 Å². The van der Waals surface area contributed by atoms with E-state index in [0.717, 1.165) is 0 Å². The number of ether oxygens (including phenoxy) is 2. The summed E-state index contributed by atoms with van der Waals surface area (Å²) < 4.78 is 23.8. The Balaban J connectivity index is 2.34. The number of nitrogens with two attached hydrogens (primary N) is 1. The maximum atomic E-state index is 12.9. The predicted octanol–water partition coefficient (Wildman–Crippen LogP) is 2.76. The van der Waals surface area contributed by atoms with E-state index in [1.165, 1.54) is 31.6 Å². The van der Waals surface area contributed by atoms with Crippen molar-refractivity contribution < 1.29 is 13.9 Å². The number of methoxy groups -OCH3 is 1. The van der Waals surface area contributed by atoms with Gasteiger partial charge in [0.05, 0.1) is 11.6 Å². The van der Waals surface area contributed by atoms with E-state index in [1.807, 2.05) is 0 Å². The monoisotopic (exact) mass is 313 g/mol. The van der Waals surface area contributed by atoms with E-state index in [0.29, 0.717) is 10.2 Å². The minimum absolute atomic E-state index is 0.147. The lowest BCUT2D eigenvalue weighted by Crippen LogP contribution is -2.00. The zero-order chi connectivity index (χ0) is 13.1. The van der Waals surface area contributed by atoms with E-state index in [-0.39, 0.29) is 23.3 Å². The number of benzene rings is 1. The zero-order valence-corrected chi connectivity index (χ0v) is 10.9. The third-order valence-corrected chi connectivity index (χ3v) is 2.72. The second kappa shape index (κ2) is 5.18. The lowest BCUT2D eigenvalue weighted by atomic mass is 10.3. The molecule has 0 saturated carbocycles. The predicted molar refractivity (Wildman–Crippen MR) is 67.2 cm³/mol. The van der Waals surface area contributed by atoms with Crippen molar-refractivity contribution in [3.05, 3.63) is 34.8 Å². The molecule has 2 rings (SSSR count). The van der Waals surface area contributed by atoms with Gasteiger partial charge in [-0.15, -0.1) is 0 Å². The van der Waals surface area contributed by atoms with Gasteiger partial charge in [-0.1, -0.05) is 0 Å². The largest absolute Gasteiger partial charge is 0.479 e. The molecule has 1 heterocycles. The second-order valence-corrected chi connectivity index (χ2v) is 4.13. The van der Waals surface area contributed by atoms with Gasteiger partial charge < -0.3 is 15.2 Å². The van der Waals surface area contributed by atoms with Crippen LogP contribution >= 0.6 is 15.9 Å². The molecule has 1 aromatic carbocycles. The fraction of sp³-hybridized carbons (Fsp3) is 0.0909. The van der Waals surface area contributed by atoms with Gasteiger partial charge >= 0.3 is 0 Å². The summed E-state index contributed by atoms with van der Waals surface area (Å²) in [5.74, 6) is 0.388. The molecule has 1 aromatic heterocycles. The molecule has 0 bridgehead atoms. The van der Waals surface area contributed by atoms with E-state index >= 15 is 0 Å². The number of anilines is 1. The molecular formula is C11H9BrFN3O2. The third-order valence-electron chi connectivity index (χ3n) is 2.10. The summed E-state index contributed by atoms with van der Waals surface area (Å²) in [5.41, 5.74) is 5.93. The minimum Gasteiger partial charge on any atom is -0.479 e. The maximum Gasteiger partial charge on any atom is 0.249 e. The molecule has 0 aliphatic rings. The maximum absolute atomic E-state index is 12.9. The Morgan fingerprint density at radius 1 is 1.28 bits per heavy atom. The SMILES string of the molecule is COc1ncnc(Oc2ccc(F)cc2Br)c1N. The van der Waals surface area contributed by atoms with Crippen LogP contribution in [-0.2, 0) is 0 Å². The van der Waals surface area contributed by atoms with E-state index in [9.17, 15) is 4.39 Å². The lowest BCUT2D eigenvalue weighted by Gasteiger charge is -2.10. The summed E-state index contributed by atoms with van der Waals surface area (Å²) in [6.07, 6.45) is 1.27. The summed E-state index contributed by atoms with van der Waals surface area (Å²) in [5, 5.41) is 0. The molecule has 7 heteroatoms. The topological polar surface area (TPSA) is 70.3 Å². The van der Waals surface area contributed by atoms with Gasteiger partial charge in [-0.2, -0.15) is 9.97 Å². The average Bonchev–Trinajstić information content (AvgIpc) is 2.35. The summed E-state index contributed by atoms with van der Waals surface area (Å²) >= 11 is 3.18. The molecule has 94 valence electrons. The Hall–Kier alpha value is -1.89. The zero-order valence-electron chi connectivity index (χ0n) is 9.35. The van der Waals surface area contributed by atoms with Gasteiger partial charge in [-0.25, -0.2) is 4.39 Å². The number of nitrogen functional groups attached to an aromatic ring is 1. The molecule has 0 spiro atoms. The number of hydrogen-bond acceptors (Lipinski definition) is 5. The van der Waals surface area contributed by atoms with Crippen LogP contribution in [0.15, 0.2) is 29.0 Å². The molecule has 2 N–H and O–H groups in total. The van der Waals surface area contributed by atoms with Gasteiger partial charge in [0.2, 0.25) is 11.8 Å². The Morgan fingerprint density at radius 2 is 2.00 bits per heavy atom. The average molecular weight is 314 g/mol. The van der Waals surface area contributed by atoms with Gasteiger partial charge in [-0.3, -0.25) is 0 Å². The van der Waals surface area contributed by atoms with Gasteiger partial charge in [0.1, 0.15) is 17.9 Å². The molecule has 0 saturated heterocycles. The Morgan fingerprint density at radius 3 is 2.67 bits per heavy atom. The van der Waals surface area contributed by atoms with Crippen LogP contribution in [0.4, 0.5) is 10.1 Å². The summed E-state index contributed by atoms with van der Waals surface area (Å²) in [7, 11) is 1.44. The molecule has 0 amide bonds. The number of aromatic nitrogens is 2. The van der Waals surface area contributed by atoms with Crippen molar-refractivity contribution in [3.8, 4) is 17.5 Å². The highest BCUT2D eigenvalue weighted by molar-refractivity contribution is 9.10. The van der Waals surface area contributed by atoms with Crippen LogP contribution in [0.5, 0.6) is 17.5 Å². The van der Waals surface area contributed by atoms with Crippen LogP contribution in [0, 0.1) is 5.82 Å². The van der Waals surface area contributed by atoms with Gasteiger partial charge in [0.25, 0.3) is 0 Å². The summed E-state index contributed by atoms with van der Waals surface area (Å²) in [6, 6.07) is 4.02. The highest BCUT2D eigenvalue weighted by Crippen LogP contribution is 2.34. The van der Waals surface area contributed by atoms with Crippen molar-refractivity contribution >= 4 is 21.6 Å². The summed E-state index contributed by atoms with van der Waals surface area (Å²) in [4.78, 5) is 7.72. The van der Waals surface area contributed by atoms with Crippen molar-refractivity contribution in [1.82, 2.24) is 9.97 Å². The molecule has 18 heavy (non-hydrogen) atoms. The Bertz CT molecular complexity index is 580. The van der Waals surface area contributed by atoms with Crippen molar-refractivity contribution in [1.29, 1.82) is 0 Å². The molecule has 0 aliphatic carbocycles. The van der Waals surface area contributed by atoms with Crippen molar-refractivity contribution in [2.75, 3.05) is 12.8 Å². The van der Waals surface area contributed by atoms with E-state index < -0.39 is 0 Å². The first-order valence-electron chi connectivity index (χ1n) is 4.89. The first kappa shape index (κ1) is 12.6. The first-order valence-corrected chi connectivity index (χ1v) is 5.68.